The molecule has 3 aromatic rings. The van der Waals surface area contributed by atoms with Crippen LogP contribution in [0.15, 0.2) is 97.6 Å². The number of rotatable bonds is 6. The highest BCUT2D eigenvalue weighted by Gasteiger charge is 2.28. The Balaban J connectivity index is 2.15. The molecule has 0 aliphatic carbocycles. The van der Waals surface area contributed by atoms with E-state index in [9.17, 15) is 0 Å². The highest BCUT2D eigenvalue weighted by atomic mass is 28.3. The van der Waals surface area contributed by atoms with E-state index in [1.165, 1.54) is 15.9 Å². The molecule has 0 saturated carbocycles. The number of para-hydroxylation sites is 1. The first-order valence-corrected chi connectivity index (χ1v) is 9.66. The Morgan fingerprint density at radius 3 is 1.79 bits per heavy atom. The van der Waals surface area contributed by atoms with Crippen molar-refractivity contribution in [3.05, 3.63) is 103 Å². The minimum Gasteiger partial charge on any atom is -0.496 e. The van der Waals surface area contributed by atoms with Crippen molar-refractivity contribution in [2.75, 3.05) is 7.11 Å². The molecule has 0 aromatic heterocycles. The predicted molar refractivity (Wildman–Crippen MR) is 104 cm³/mol. The normalized spacial score (nSPS) is 11.9. The lowest BCUT2D eigenvalue weighted by molar-refractivity contribution is 0.410. The minimum absolute atomic E-state index is 0.232. The average molecular weight is 329 g/mol. The van der Waals surface area contributed by atoms with Crippen molar-refractivity contribution in [2.45, 2.75) is 5.54 Å². The van der Waals surface area contributed by atoms with Crippen LogP contribution in [-0.2, 0) is 0 Å². The van der Waals surface area contributed by atoms with Gasteiger partial charge >= 0.3 is 0 Å². The van der Waals surface area contributed by atoms with Gasteiger partial charge in [0.05, 0.1) is 7.11 Å². The molecular formula is C22H21OSi. The summed E-state index contributed by atoms with van der Waals surface area (Å²) in [4.78, 5) is 0. The molecule has 1 nitrogen and oxygen atoms in total. The van der Waals surface area contributed by atoms with Gasteiger partial charge in [-0.05, 0) is 11.6 Å². The van der Waals surface area contributed by atoms with E-state index in [0.717, 1.165) is 5.75 Å². The fourth-order valence-electron chi connectivity index (χ4n) is 3.08. The third kappa shape index (κ3) is 3.34. The largest absolute Gasteiger partial charge is 0.496 e. The van der Waals surface area contributed by atoms with Gasteiger partial charge in [-0.15, -0.1) is 6.58 Å². The lowest BCUT2D eigenvalue weighted by Crippen LogP contribution is -2.46. The fourth-order valence-corrected chi connectivity index (χ4v) is 6.02. The highest BCUT2D eigenvalue weighted by Crippen LogP contribution is 2.29. The van der Waals surface area contributed by atoms with Crippen LogP contribution in [-0.4, -0.2) is 15.9 Å². The maximum absolute atomic E-state index is 5.62. The van der Waals surface area contributed by atoms with Gasteiger partial charge in [0.25, 0.3) is 0 Å². The second-order valence-electron chi connectivity index (χ2n) is 5.60. The number of allylic oxidation sites excluding steroid dienone is 1. The van der Waals surface area contributed by atoms with Gasteiger partial charge in [-0.1, -0.05) is 95.3 Å². The van der Waals surface area contributed by atoms with Gasteiger partial charge in [-0.2, -0.15) is 0 Å². The summed E-state index contributed by atoms with van der Waals surface area (Å²) in [7, 11) is 0.661. The first-order valence-electron chi connectivity index (χ1n) is 8.08. The van der Waals surface area contributed by atoms with Crippen molar-refractivity contribution < 1.29 is 4.74 Å². The first kappa shape index (κ1) is 16.3. The standard InChI is InChI=1S/C22H21OSi/c1-3-22(20-16-10-11-17-21(20)23-2)24(18-12-6-4-7-13-18)19-14-8-5-9-15-19/h3-17,22H,1H2,2H3. The Hall–Kier alpha value is -2.58. The van der Waals surface area contributed by atoms with Gasteiger partial charge < -0.3 is 4.74 Å². The van der Waals surface area contributed by atoms with Crippen LogP contribution >= 0.6 is 0 Å². The van der Waals surface area contributed by atoms with Crippen LogP contribution in [0, 0.1) is 0 Å². The van der Waals surface area contributed by atoms with Gasteiger partial charge in [0, 0.05) is 5.54 Å². The molecule has 0 spiro atoms. The maximum Gasteiger partial charge on any atom is 0.133 e. The molecule has 0 heterocycles. The van der Waals surface area contributed by atoms with Crippen molar-refractivity contribution in [2.24, 2.45) is 0 Å². The van der Waals surface area contributed by atoms with Gasteiger partial charge in [0.2, 0.25) is 0 Å². The van der Waals surface area contributed by atoms with E-state index in [-0.39, 0.29) is 5.54 Å². The van der Waals surface area contributed by atoms with Gasteiger partial charge in [-0.3, -0.25) is 0 Å². The zero-order valence-corrected chi connectivity index (χ0v) is 14.9. The molecule has 0 aliphatic rings. The van der Waals surface area contributed by atoms with Crippen molar-refractivity contribution in [1.82, 2.24) is 0 Å². The van der Waals surface area contributed by atoms with Crippen LogP contribution in [0.3, 0.4) is 0 Å². The number of ether oxygens (including phenoxy) is 1. The second-order valence-corrected chi connectivity index (χ2v) is 8.21. The molecule has 0 N–H and O–H groups in total. The summed E-state index contributed by atoms with van der Waals surface area (Å²) in [6.07, 6.45) is 2.08. The predicted octanol–water partition coefficient (Wildman–Crippen LogP) is 3.81. The Kier molecular flexibility index (Phi) is 5.29. The second kappa shape index (κ2) is 7.80. The third-order valence-electron chi connectivity index (χ3n) is 4.19. The summed E-state index contributed by atoms with van der Waals surface area (Å²) in [5, 5.41) is 2.76. The molecule has 0 amide bonds. The first-order chi connectivity index (χ1) is 11.8. The van der Waals surface area contributed by atoms with Crippen LogP contribution < -0.4 is 15.1 Å². The average Bonchev–Trinajstić information content (AvgIpc) is 2.67. The smallest absolute Gasteiger partial charge is 0.133 e. The Labute approximate surface area is 145 Å². The van der Waals surface area contributed by atoms with Crippen LogP contribution in [0.2, 0.25) is 0 Å². The number of methoxy groups -OCH3 is 1. The van der Waals surface area contributed by atoms with Crippen molar-refractivity contribution in [1.29, 1.82) is 0 Å². The fraction of sp³-hybridized carbons (Fsp3) is 0.0909. The molecule has 3 aromatic carbocycles. The zero-order chi connectivity index (χ0) is 16.8. The van der Waals surface area contributed by atoms with Gasteiger partial charge in [0.1, 0.15) is 14.5 Å². The Bertz CT molecular complexity index is 744. The van der Waals surface area contributed by atoms with Gasteiger partial charge in [0.15, 0.2) is 0 Å². The molecule has 0 bridgehead atoms. The molecule has 0 saturated heterocycles. The molecule has 0 aliphatic heterocycles. The third-order valence-corrected chi connectivity index (χ3v) is 7.27. The van der Waals surface area contributed by atoms with E-state index >= 15 is 0 Å². The molecule has 1 unspecified atom stereocenters. The zero-order valence-electron chi connectivity index (χ0n) is 13.9. The minimum atomic E-state index is -1.07. The summed E-state index contributed by atoms with van der Waals surface area (Å²) in [5.74, 6) is 0.928. The maximum atomic E-state index is 5.62. The summed E-state index contributed by atoms with van der Waals surface area (Å²) >= 11 is 0. The Morgan fingerprint density at radius 2 is 1.29 bits per heavy atom. The molecule has 24 heavy (non-hydrogen) atoms. The summed E-state index contributed by atoms with van der Waals surface area (Å²) in [5.41, 5.74) is 1.44. The SMILES string of the molecule is C=CC(c1ccccc1OC)[Si](c1ccccc1)c1ccccc1. The number of hydrogen-bond acceptors (Lipinski definition) is 1. The number of benzene rings is 3. The molecule has 1 radical (unpaired) electrons. The molecular weight excluding hydrogens is 308 g/mol. The van der Waals surface area contributed by atoms with Gasteiger partial charge in [-0.25, -0.2) is 0 Å². The molecule has 1 atom stereocenters. The van der Waals surface area contributed by atoms with Crippen LogP contribution in [0.5, 0.6) is 5.75 Å². The summed E-state index contributed by atoms with van der Waals surface area (Å²) < 4.78 is 5.62. The monoisotopic (exact) mass is 329 g/mol. The quantitative estimate of drug-likeness (QED) is 0.493. The van der Waals surface area contributed by atoms with E-state index in [4.69, 9.17) is 4.74 Å². The van der Waals surface area contributed by atoms with Crippen molar-refractivity contribution in [3.8, 4) is 5.75 Å². The van der Waals surface area contributed by atoms with E-state index in [2.05, 4.69) is 85.5 Å². The number of hydrogen-bond donors (Lipinski definition) is 0. The van der Waals surface area contributed by atoms with Crippen molar-refractivity contribution in [3.63, 3.8) is 0 Å². The van der Waals surface area contributed by atoms with E-state index < -0.39 is 8.80 Å². The van der Waals surface area contributed by atoms with E-state index in [1.807, 2.05) is 12.1 Å². The summed E-state index contributed by atoms with van der Waals surface area (Å²) in [6.45, 7) is 4.15. The molecule has 0 fully saturated rings. The summed E-state index contributed by atoms with van der Waals surface area (Å²) in [6, 6.07) is 29.8. The molecule has 2 heteroatoms. The Morgan fingerprint density at radius 1 is 0.792 bits per heavy atom. The van der Waals surface area contributed by atoms with E-state index in [0.29, 0.717) is 0 Å². The lowest BCUT2D eigenvalue weighted by Gasteiger charge is -2.25. The molecule has 3 rings (SSSR count). The topological polar surface area (TPSA) is 9.23 Å². The van der Waals surface area contributed by atoms with E-state index in [1.54, 1.807) is 7.11 Å². The van der Waals surface area contributed by atoms with Crippen molar-refractivity contribution >= 4 is 19.2 Å². The van der Waals surface area contributed by atoms with Crippen LogP contribution in [0.25, 0.3) is 0 Å². The lowest BCUT2D eigenvalue weighted by atomic mass is 10.1. The molecule has 119 valence electrons. The van der Waals surface area contributed by atoms with Crippen LogP contribution in [0.1, 0.15) is 11.1 Å². The van der Waals surface area contributed by atoms with Crippen LogP contribution in [0.4, 0.5) is 0 Å². The highest BCUT2D eigenvalue weighted by molar-refractivity contribution is 6.86.